The topological polar surface area (TPSA) is 62.1 Å². The van der Waals surface area contributed by atoms with Crippen molar-refractivity contribution in [1.82, 2.24) is 5.32 Å². The summed E-state index contributed by atoms with van der Waals surface area (Å²) in [5.74, 6) is 0. The summed E-state index contributed by atoms with van der Waals surface area (Å²) in [5.41, 5.74) is -0.249. The summed E-state index contributed by atoms with van der Waals surface area (Å²) in [6.45, 7) is 9.11. The van der Waals surface area contributed by atoms with Gasteiger partial charge in [-0.25, -0.2) is 0 Å². The predicted octanol–water partition coefficient (Wildman–Crippen LogP) is 0.254. The van der Waals surface area contributed by atoms with E-state index in [-0.39, 0.29) is 5.60 Å². The zero-order valence-corrected chi connectivity index (χ0v) is 7.05. The largest absolute Gasteiger partial charge is 0.512 e. The third kappa shape index (κ3) is 8.92. The molecule has 1 N–H and O–H groups in total. The van der Waals surface area contributed by atoms with E-state index >= 15 is 0 Å². The van der Waals surface area contributed by atoms with Gasteiger partial charge in [-0.05, 0) is 13.8 Å². The second kappa shape index (κ2) is 7.03. The van der Waals surface area contributed by atoms with Crippen LogP contribution in [0.15, 0.2) is 0 Å². The minimum atomic E-state index is -0.249. The van der Waals surface area contributed by atoms with Gasteiger partial charge in [0.15, 0.2) is 0 Å². The fourth-order valence-electron chi connectivity index (χ4n) is 0.360. The molecule has 0 unspecified atom stereocenters. The van der Waals surface area contributed by atoms with Crippen LogP contribution in [0.5, 0.6) is 0 Å². The summed E-state index contributed by atoms with van der Waals surface area (Å²) >= 11 is 0. The first-order chi connectivity index (χ1) is 5.12. The van der Waals surface area contributed by atoms with Gasteiger partial charge in [0.2, 0.25) is 6.41 Å². The zero-order valence-electron chi connectivity index (χ0n) is 7.05. The van der Waals surface area contributed by atoms with Gasteiger partial charge in [0.1, 0.15) is 0 Å². The van der Waals surface area contributed by atoms with Gasteiger partial charge in [-0.1, -0.05) is 0 Å². The highest BCUT2D eigenvalue weighted by Gasteiger charge is 2.14. The molecule has 0 saturated carbocycles. The highest BCUT2D eigenvalue weighted by atomic mass is 16.5. The standard InChI is InChI=1S/C6H13NO2.CN/c1-6(2,9-3)4-7-5-8;1-2/h5H,4H2,1-3H3,(H,7,8);/q;-1. The second-order valence-corrected chi connectivity index (χ2v) is 2.46. The van der Waals surface area contributed by atoms with E-state index in [1.165, 1.54) is 0 Å². The Morgan fingerprint density at radius 1 is 1.64 bits per heavy atom. The number of carbonyl (C=O) groups excluding carboxylic acids is 1. The van der Waals surface area contributed by atoms with E-state index in [1.807, 2.05) is 13.8 Å². The van der Waals surface area contributed by atoms with E-state index in [1.54, 1.807) is 7.11 Å². The molecule has 0 heterocycles. The quantitative estimate of drug-likeness (QED) is 0.470. The van der Waals surface area contributed by atoms with Gasteiger partial charge >= 0.3 is 0 Å². The van der Waals surface area contributed by atoms with Crippen LogP contribution in [-0.4, -0.2) is 25.7 Å². The number of hydrogen-bond acceptors (Lipinski definition) is 3. The van der Waals surface area contributed by atoms with E-state index in [4.69, 9.17) is 16.6 Å². The van der Waals surface area contributed by atoms with Crippen molar-refractivity contribution in [3.8, 4) is 0 Å². The Bertz CT molecular complexity index is 121. The average molecular weight is 157 g/mol. The van der Waals surface area contributed by atoms with Crippen LogP contribution in [0.4, 0.5) is 0 Å². The fraction of sp³-hybridized carbons (Fsp3) is 0.714. The fourth-order valence-corrected chi connectivity index (χ4v) is 0.360. The van der Waals surface area contributed by atoms with Gasteiger partial charge in [-0.15, -0.1) is 0 Å². The van der Waals surface area contributed by atoms with Crippen molar-refractivity contribution < 1.29 is 9.53 Å². The molecule has 0 fully saturated rings. The van der Waals surface area contributed by atoms with Crippen molar-refractivity contribution in [3.05, 3.63) is 6.57 Å². The summed E-state index contributed by atoms with van der Waals surface area (Å²) in [6, 6.07) is 0. The minimum absolute atomic E-state index is 0.249. The lowest BCUT2D eigenvalue weighted by Crippen LogP contribution is -2.35. The number of amides is 1. The third-order valence-corrected chi connectivity index (χ3v) is 1.16. The first-order valence-corrected chi connectivity index (χ1v) is 3.07. The predicted molar refractivity (Wildman–Crippen MR) is 40.1 cm³/mol. The number of carbonyl (C=O) groups is 1. The van der Waals surface area contributed by atoms with E-state index in [0.717, 1.165) is 0 Å². The average Bonchev–Trinajstić information content (AvgIpc) is 2.05. The molecule has 0 spiro atoms. The molecule has 64 valence electrons. The molecule has 0 aliphatic rings. The van der Waals surface area contributed by atoms with E-state index in [2.05, 4.69) is 5.32 Å². The van der Waals surface area contributed by atoms with Gasteiger partial charge < -0.3 is 21.9 Å². The summed E-state index contributed by atoms with van der Waals surface area (Å²) in [7, 11) is 1.62. The Labute approximate surface area is 67.2 Å². The molecular weight excluding hydrogens is 144 g/mol. The highest BCUT2D eigenvalue weighted by molar-refractivity contribution is 5.45. The zero-order chi connectivity index (χ0) is 9.33. The van der Waals surface area contributed by atoms with Crippen LogP contribution in [0.1, 0.15) is 13.8 Å². The Morgan fingerprint density at radius 3 is 2.36 bits per heavy atom. The second-order valence-electron chi connectivity index (χ2n) is 2.46. The van der Waals surface area contributed by atoms with E-state index in [9.17, 15) is 4.79 Å². The number of methoxy groups -OCH3 is 1. The minimum Gasteiger partial charge on any atom is -0.512 e. The maximum atomic E-state index is 9.80. The number of nitrogens with zero attached hydrogens (tertiary/aromatic N) is 1. The third-order valence-electron chi connectivity index (χ3n) is 1.16. The van der Waals surface area contributed by atoms with Crippen LogP contribution in [0, 0.1) is 11.8 Å². The molecular formula is C7H13N2O2-. The van der Waals surface area contributed by atoms with Crippen LogP contribution < -0.4 is 5.32 Å². The van der Waals surface area contributed by atoms with Crippen molar-refractivity contribution in [3.63, 3.8) is 0 Å². The van der Waals surface area contributed by atoms with Crippen LogP contribution in [0.2, 0.25) is 0 Å². The SMILES string of the molecule is COC(C)(C)CNC=O.[C-]#N. The Kier molecular flexibility index (Phi) is 8.04. The first-order valence-electron chi connectivity index (χ1n) is 3.07. The van der Waals surface area contributed by atoms with E-state index in [0.29, 0.717) is 13.0 Å². The lowest BCUT2D eigenvalue weighted by molar-refractivity contribution is -0.110. The number of nitrogens with one attached hydrogen (secondary N) is 1. The molecule has 0 aromatic heterocycles. The molecule has 4 nitrogen and oxygen atoms in total. The molecule has 0 aliphatic heterocycles. The summed E-state index contributed by atoms with van der Waals surface area (Å²) < 4.78 is 5.02. The molecule has 0 radical (unpaired) electrons. The van der Waals surface area contributed by atoms with Gasteiger partial charge in [0, 0.05) is 13.7 Å². The van der Waals surface area contributed by atoms with Crippen LogP contribution in [-0.2, 0) is 9.53 Å². The molecule has 4 heteroatoms. The van der Waals surface area contributed by atoms with Gasteiger partial charge in [-0.3, -0.25) is 4.79 Å². The lowest BCUT2D eigenvalue weighted by Gasteiger charge is -2.21. The van der Waals surface area contributed by atoms with Crippen molar-refractivity contribution in [2.75, 3.05) is 13.7 Å². The summed E-state index contributed by atoms with van der Waals surface area (Å²) in [5, 5.41) is 8.78. The smallest absolute Gasteiger partial charge is 0.207 e. The van der Waals surface area contributed by atoms with Crippen molar-refractivity contribution in [2.45, 2.75) is 19.4 Å². The van der Waals surface area contributed by atoms with Gasteiger partial charge in [-0.2, -0.15) is 0 Å². The molecule has 0 aromatic carbocycles. The lowest BCUT2D eigenvalue weighted by atomic mass is 10.1. The van der Waals surface area contributed by atoms with Crippen LogP contribution in [0.3, 0.4) is 0 Å². The van der Waals surface area contributed by atoms with E-state index < -0.39 is 0 Å². The number of hydrogen-bond donors (Lipinski definition) is 1. The molecule has 11 heavy (non-hydrogen) atoms. The number of rotatable bonds is 4. The van der Waals surface area contributed by atoms with Crippen molar-refractivity contribution in [2.24, 2.45) is 0 Å². The molecule has 0 rings (SSSR count). The number of ether oxygens (including phenoxy) is 1. The summed E-state index contributed by atoms with van der Waals surface area (Å²) in [6.07, 6.45) is 0.667. The first kappa shape index (κ1) is 12.6. The van der Waals surface area contributed by atoms with Gasteiger partial charge in [0.05, 0.1) is 5.60 Å². The molecule has 0 aliphatic carbocycles. The van der Waals surface area contributed by atoms with Crippen molar-refractivity contribution >= 4 is 6.41 Å². The molecule has 0 aromatic rings. The van der Waals surface area contributed by atoms with Crippen LogP contribution in [0.25, 0.3) is 0 Å². The highest BCUT2D eigenvalue weighted by Crippen LogP contribution is 2.03. The molecule has 0 saturated heterocycles. The Morgan fingerprint density at radius 2 is 2.09 bits per heavy atom. The van der Waals surface area contributed by atoms with Crippen LogP contribution >= 0.6 is 0 Å². The normalized spacial score (nSPS) is 9.18. The maximum Gasteiger partial charge on any atom is 0.207 e. The molecule has 0 bridgehead atoms. The molecule has 1 amide bonds. The Hall–Kier alpha value is -1.08. The van der Waals surface area contributed by atoms with Gasteiger partial charge in [0.25, 0.3) is 0 Å². The summed E-state index contributed by atoms with van der Waals surface area (Å²) in [4.78, 5) is 9.80. The molecule has 0 atom stereocenters. The van der Waals surface area contributed by atoms with Crippen molar-refractivity contribution in [1.29, 1.82) is 5.26 Å². The monoisotopic (exact) mass is 157 g/mol. The Balaban J connectivity index is 0. The maximum absolute atomic E-state index is 9.80.